The van der Waals surface area contributed by atoms with Crippen LogP contribution in [0.3, 0.4) is 0 Å². The molecule has 0 saturated carbocycles. The third kappa shape index (κ3) is 3.89. The van der Waals surface area contributed by atoms with E-state index in [1.165, 1.54) is 12.7 Å². The Bertz CT molecular complexity index is 1100. The molecule has 0 spiro atoms. The number of aromatic nitrogens is 5. The first-order valence-corrected chi connectivity index (χ1v) is 11.1. The molecule has 5 heterocycles. The van der Waals surface area contributed by atoms with Gasteiger partial charge in [-0.05, 0) is 32.3 Å². The van der Waals surface area contributed by atoms with E-state index in [4.69, 9.17) is 11.6 Å². The number of likely N-dealkylation sites (tertiary alicyclic amines) is 1. The fraction of sp³-hybridized carbons (Fsp3) is 0.476. The Morgan fingerprint density at radius 1 is 0.968 bits per heavy atom. The van der Waals surface area contributed by atoms with Crippen LogP contribution in [0.4, 0.5) is 11.6 Å². The summed E-state index contributed by atoms with van der Waals surface area (Å²) in [4.78, 5) is 32.3. The van der Waals surface area contributed by atoms with E-state index < -0.39 is 0 Å². The monoisotopic (exact) mass is 440 g/mol. The van der Waals surface area contributed by atoms with Gasteiger partial charge in [-0.1, -0.05) is 11.6 Å². The van der Waals surface area contributed by atoms with E-state index in [-0.39, 0.29) is 5.91 Å². The quantitative estimate of drug-likeness (QED) is 0.618. The predicted octanol–water partition coefficient (Wildman–Crippen LogP) is 2.43. The van der Waals surface area contributed by atoms with Gasteiger partial charge in [0.2, 0.25) is 0 Å². The van der Waals surface area contributed by atoms with Gasteiger partial charge >= 0.3 is 0 Å². The Balaban J connectivity index is 1.29. The van der Waals surface area contributed by atoms with Crippen molar-refractivity contribution in [2.75, 3.05) is 49.1 Å². The van der Waals surface area contributed by atoms with Crippen LogP contribution < -0.4 is 9.80 Å². The molecule has 0 radical (unpaired) electrons. The maximum absolute atomic E-state index is 12.7. The summed E-state index contributed by atoms with van der Waals surface area (Å²) in [6, 6.07) is 3.79. The van der Waals surface area contributed by atoms with E-state index >= 15 is 0 Å². The summed E-state index contributed by atoms with van der Waals surface area (Å²) >= 11 is 6.56. The molecular formula is C21H25ClN8O. The maximum Gasteiger partial charge on any atom is 0.255 e. The van der Waals surface area contributed by atoms with Crippen molar-refractivity contribution in [3.8, 4) is 0 Å². The first-order valence-electron chi connectivity index (χ1n) is 10.7. The van der Waals surface area contributed by atoms with Crippen LogP contribution in [-0.4, -0.2) is 74.6 Å². The molecule has 2 fully saturated rings. The molecule has 2 aliphatic heterocycles. The average molecular weight is 441 g/mol. The number of halogens is 1. The number of nitrogens with zero attached hydrogens (tertiary/aromatic N) is 8. The van der Waals surface area contributed by atoms with Gasteiger partial charge in [0.25, 0.3) is 11.7 Å². The Kier molecular flexibility index (Phi) is 5.35. The van der Waals surface area contributed by atoms with Gasteiger partial charge in [0.05, 0.1) is 10.6 Å². The number of amides is 1. The van der Waals surface area contributed by atoms with Crippen LogP contribution in [0.15, 0.2) is 24.7 Å². The van der Waals surface area contributed by atoms with E-state index in [0.29, 0.717) is 16.4 Å². The van der Waals surface area contributed by atoms with Crippen molar-refractivity contribution in [3.63, 3.8) is 0 Å². The standard InChI is InChI=1S/C21H25ClN8O/c1-15-11-18(30-21(26-15)24-14-25-30)27-7-9-28(10-8-27)19-17(22)12-16(13-23-19)20(31)29-5-3-2-4-6-29/h11-14H,2-10H2,1H3. The second-order valence-electron chi connectivity index (χ2n) is 8.08. The highest BCUT2D eigenvalue weighted by atomic mass is 35.5. The molecule has 2 saturated heterocycles. The van der Waals surface area contributed by atoms with E-state index in [1.54, 1.807) is 16.8 Å². The molecule has 0 aliphatic carbocycles. The lowest BCUT2D eigenvalue weighted by atomic mass is 10.1. The van der Waals surface area contributed by atoms with Crippen molar-refractivity contribution in [3.05, 3.63) is 40.9 Å². The van der Waals surface area contributed by atoms with E-state index in [0.717, 1.165) is 69.4 Å². The molecule has 0 N–H and O–H groups in total. The molecule has 10 heteroatoms. The highest BCUT2D eigenvalue weighted by Crippen LogP contribution is 2.27. The molecule has 0 bridgehead atoms. The second-order valence-corrected chi connectivity index (χ2v) is 8.49. The van der Waals surface area contributed by atoms with E-state index in [2.05, 4.69) is 29.9 Å². The molecule has 1 amide bonds. The molecule has 31 heavy (non-hydrogen) atoms. The zero-order chi connectivity index (χ0) is 21.4. The number of hydrogen-bond acceptors (Lipinski definition) is 7. The van der Waals surface area contributed by atoms with Crippen molar-refractivity contribution in [2.24, 2.45) is 0 Å². The van der Waals surface area contributed by atoms with Gasteiger partial charge in [-0.2, -0.15) is 14.6 Å². The van der Waals surface area contributed by atoms with Gasteiger partial charge in [-0.15, -0.1) is 0 Å². The molecule has 5 rings (SSSR count). The summed E-state index contributed by atoms with van der Waals surface area (Å²) in [7, 11) is 0. The summed E-state index contributed by atoms with van der Waals surface area (Å²) in [5.41, 5.74) is 1.48. The summed E-state index contributed by atoms with van der Waals surface area (Å²) in [5.74, 6) is 2.35. The topological polar surface area (TPSA) is 82.8 Å². The predicted molar refractivity (Wildman–Crippen MR) is 119 cm³/mol. The zero-order valence-corrected chi connectivity index (χ0v) is 18.3. The average Bonchev–Trinajstić information content (AvgIpc) is 3.27. The number of hydrogen-bond donors (Lipinski definition) is 0. The third-order valence-electron chi connectivity index (χ3n) is 5.98. The van der Waals surface area contributed by atoms with Gasteiger partial charge in [-0.3, -0.25) is 4.79 Å². The molecule has 0 aromatic carbocycles. The van der Waals surface area contributed by atoms with Crippen molar-refractivity contribution in [1.29, 1.82) is 0 Å². The highest BCUT2D eigenvalue weighted by molar-refractivity contribution is 6.33. The lowest BCUT2D eigenvalue weighted by Gasteiger charge is -2.37. The normalized spacial score (nSPS) is 17.4. The Morgan fingerprint density at radius 3 is 2.45 bits per heavy atom. The number of carbonyl (C=O) groups is 1. The summed E-state index contributed by atoms with van der Waals surface area (Å²) in [6.45, 7) is 6.72. The van der Waals surface area contributed by atoms with Crippen LogP contribution in [0.1, 0.15) is 35.3 Å². The molecule has 0 unspecified atom stereocenters. The number of piperazine rings is 1. The molecule has 0 atom stereocenters. The van der Waals surface area contributed by atoms with Crippen molar-refractivity contribution in [2.45, 2.75) is 26.2 Å². The minimum atomic E-state index is 0.0235. The minimum absolute atomic E-state index is 0.0235. The molecular weight excluding hydrogens is 416 g/mol. The van der Waals surface area contributed by atoms with Crippen molar-refractivity contribution < 1.29 is 4.79 Å². The van der Waals surface area contributed by atoms with Crippen LogP contribution in [0.25, 0.3) is 5.78 Å². The van der Waals surface area contributed by atoms with Gasteiger partial charge < -0.3 is 14.7 Å². The third-order valence-corrected chi connectivity index (χ3v) is 6.25. The minimum Gasteiger partial charge on any atom is -0.353 e. The van der Waals surface area contributed by atoms with Crippen LogP contribution in [-0.2, 0) is 0 Å². The lowest BCUT2D eigenvalue weighted by molar-refractivity contribution is 0.0724. The van der Waals surface area contributed by atoms with Gasteiger partial charge in [0.1, 0.15) is 18.0 Å². The molecule has 162 valence electrons. The Morgan fingerprint density at radius 2 is 1.71 bits per heavy atom. The summed E-state index contributed by atoms with van der Waals surface area (Å²) in [6.07, 6.45) is 6.50. The number of fused-ring (bicyclic) bond motifs is 1. The van der Waals surface area contributed by atoms with Crippen LogP contribution in [0.2, 0.25) is 5.02 Å². The summed E-state index contributed by atoms with van der Waals surface area (Å²) in [5, 5.41) is 4.83. The van der Waals surface area contributed by atoms with Crippen LogP contribution in [0, 0.1) is 6.92 Å². The number of pyridine rings is 1. The number of anilines is 2. The van der Waals surface area contributed by atoms with Gasteiger partial charge in [0, 0.05) is 57.2 Å². The first-order chi connectivity index (χ1) is 15.1. The second kappa shape index (κ2) is 8.30. The van der Waals surface area contributed by atoms with Crippen LogP contribution >= 0.6 is 11.6 Å². The first kappa shape index (κ1) is 20.0. The Hall–Kier alpha value is -2.94. The molecule has 2 aliphatic rings. The smallest absolute Gasteiger partial charge is 0.255 e. The summed E-state index contributed by atoms with van der Waals surface area (Å²) < 4.78 is 1.77. The molecule has 9 nitrogen and oxygen atoms in total. The van der Waals surface area contributed by atoms with E-state index in [1.807, 2.05) is 17.9 Å². The fourth-order valence-corrected chi connectivity index (χ4v) is 4.63. The largest absolute Gasteiger partial charge is 0.353 e. The molecule has 3 aromatic rings. The molecule has 3 aromatic heterocycles. The number of rotatable bonds is 3. The van der Waals surface area contributed by atoms with Gasteiger partial charge in [-0.25, -0.2) is 9.97 Å². The van der Waals surface area contributed by atoms with Crippen LogP contribution in [0.5, 0.6) is 0 Å². The van der Waals surface area contributed by atoms with Gasteiger partial charge in [0.15, 0.2) is 0 Å². The maximum atomic E-state index is 12.7. The fourth-order valence-electron chi connectivity index (χ4n) is 4.34. The SMILES string of the molecule is Cc1cc(N2CCN(c3ncc(C(=O)N4CCCCC4)cc3Cl)CC2)n2ncnc2n1. The lowest BCUT2D eigenvalue weighted by Crippen LogP contribution is -2.47. The van der Waals surface area contributed by atoms with Crippen molar-refractivity contribution in [1.82, 2.24) is 29.5 Å². The number of carbonyl (C=O) groups excluding carboxylic acids is 1. The van der Waals surface area contributed by atoms with E-state index in [9.17, 15) is 4.79 Å². The number of piperidine rings is 1. The Labute approximate surface area is 185 Å². The number of aryl methyl sites for hydroxylation is 1. The zero-order valence-electron chi connectivity index (χ0n) is 17.5. The highest BCUT2D eigenvalue weighted by Gasteiger charge is 2.24. The van der Waals surface area contributed by atoms with Crippen molar-refractivity contribution >= 4 is 34.9 Å².